The van der Waals surface area contributed by atoms with Crippen LogP contribution in [0.1, 0.15) is 12.5 Å². The number of hydrogen-bond acceptors (Lipinski definition) is 3. The van der Waals surface area contributed by atoms with E-state index in [4.69, 9.17) is 33.7 Å². The normalized spacial score (nSPS) is 10.4. The quantitative estimate of drug-likeness (QED) is 0.878. The van der Waals surface area contributed by atoms with Crippen molar-refractivity contribution in [2.75, 3.05) is 26.7 Å². The van der Waals surface area contributed by atoms with Gasteiger partial charge in [-0.2, -0.15) is 0 Å². The maximum atomic E-state index is 11.7. The Morgan fingerprint density at radius 2 is 2.11 bits per heavy atom. The molecule has 0 bridgehead atoms. The lowest BCUT2D eigenvalue weighted by Gasteiger charge is -2.17. The van der Waals surface area contributed by atoms with Crippen LogP contribution in [0.2, 0.25) is 10.0 Å². The lowest BCUT2D eigenvalue weighted by atomic mass is 10.1. The highest BCUT2D eigenvalue weighted by Gasteiger charge is 2.13. The molecule has 0 saturated carbocycles. The van der Waals surface area contributed by atoms with E-state index in [9.17, 15) is 4.79 Å². The highest BCUT2D eigenvalue weighted by Crippen LogP contribution is 2.32. The van der Waals surface area contributed by atoms with Crippen LogP contribution in [0, 0.1) is 0 Å². The first-order chi connectivity index (χ1) is 8.99. The van der Waals surface area contributed by atoms with Crippen LogP contribution in [0.15, 0.2) is 12.1 Å². The van der Waals surface area contributed by atoms with E-state index in [1.54, 1.807) is 24.1 Å². The standard InChI is InChI=1S/C13H18Cl2N2O2/c1-3-17(2)12(18)8-19-13-9(4-5-16)6-10(14)7-11(13)15/h6-7H,3-5,8,16H2,1-2H3. The summed E-state index contributed by atoms with van der Waals surface area (Å²) in [4.78, 5) is 13.3. The smallest absolute Gasteiger partial charge is 0.260 e. The van der Waals surface area contributed by atoms with Crippen molar-refractivity contribution in [3.63, 3.8) is 0 Å². The molecule has 0 heterocycles. The number of hydrogen-bond donors (Lipinski definition) is 1. The Balaban J connectivity index is 2.85. The predicted molar refractivity (Wildman–Crippen MR) is 78.0 cm³/mol. The van der Waals surface area contributed by atoms with Crippen LogP contribution in [-0.4, -0.2) is 37.6 Å². The zero-order valence-corrected chi connectivity index (χ0v) is 12.6. The van der Waals surface area contributed by atoms with Crippen molar-refractivity contribution in [2.24, 2.45) is 5.73 Å². The van der Waals surface area contributed by atoms with Crippen molar-refractivity contribution in [1.82, 2.24) is 4.90 Å². The summed E-state index contributed by atoms with van der Waals surface area (Å²) in [5.74, 6) is 0.376. The van der Waals surface area contributed by atoms with E-state index in [1.165, 1.54) is 0 Å². The summed E-state index contributed by atoms with van der Waals surface area (Å²) in [6, 6.07) is 3.34. The van der Waals surface area contributed by atoms with Crippen molar-refractivity contribution < 1.29 is 9.53 Å². The van der Waals surface area contributed by atoms with Crippen molar-refractivity contribution >= 4 is 29.1 Å². The zero-order chi connectivity index (χ0) is 14.4. The summed E-state index contributed by atoms with van der Waals surface area (Å²) in [6.07, 6.45) is 0.591. The fraction of sp³-hybridized carbons (Fsp3) is 0.462. The molecule has 2 N–H and O–H groups in total. The fourth-order valence-electron chi connectivity index (χ4n) is 1.54. The van der Waals surface area contributed by atoms with E-state index in [2.05, 4.69) is 0 Å². The van der Waals surface area contributed by atoms with E-state index < -0.39 is 0 Å². The van der Waals surface area contributed by atoms with Gasteiger partial charge in [-0.3, -0.25) is 4.79 Å². The van der Waals surface area contributed by atoms with Gasteiger partial charge in [0.05, 0.1) is 5.02 Å². The number of nitrogens with two attached hydrogens (primary N) is 1. The Bertz CT molecular complexity index is 453. The van der Waals surface area contributed by atoms with Crippen molar-refractivity contribution in [2.45, 2.75) is 13.3 Å². The van der Waals surface area contributed by atoms with Crippen LogP contribution < -0.4 is 10.5 Å². The number of carbonyl (C=O) groups is 1. The first kappa shape index (κ1) is 16.1. The molecule has 0 atom stereocenters. The monoisotopic (exact) mass is 304 g/mol. The lowest BCUT2D eigenvalue weighted by Crippen LogP contribution is -2.31. The number of carbonyl (C=O) groups excluding carboxylic acids is 1. The van der Waals surface area contributed by atoms with Gasteiger partial charge in [0.2, 0.25) is 0 Å². The number of amides is 1. The third-order valence-corrected chi connectivity index (χ3v) is 3.24. The molecule has 1 amide bonds. The predicted octanol–water partition coefficient (Wildman–Crippen LogP) is 2.35. The summed E-state index contributed by atoms with van der Waals surface area (Å²) in [5, 5.41) is 0.917. The maximum absolute atomic E-state index is 11.7. The molecule has 6 heteroatoms. The average Bonchev–Trinajstić information content (AvgIpc) is 2.36. The number of halogens is 2. The summed E-state index contributed by atoms with van der Waals surface area (Å²) in [6.45, 7) is 2.93. The molecule has 106 valence electrons. The van der Waals surface area contributed by atoms with Gasteiger partial charge in [-0.05, 0) is 37.6 Å². The van der Waals surface area contributed by atoms with E-state index in [-0.39, 0.29) is 12.5 Å². The Labute approximate surface area is 123 Å². The number of nitrogens with zero attached hydrogens (tertiary/aromatic N) is 1. The Morgan fingerprint density at radius 1 is 1.42 bits per heavy atom. The third-order valence-electron chi connectivity index (χ3n) is 2.74. The van der Waals surface area contributed by atoms with Crippen LogP contribution in [0.5, 0.6) is 5.75 Å². The maximum Gasteiger partial charge on any atom is 0.260 e. The minimum atomic E-state index is -0.104. The van der Waals surface area contributed by atoms with E-state index >= 15 is 0 Å². The number of rotatable bonds is 6. The molecule has 0 aliphatic carbocycles. The molecule has 0 aromatic heterocycles. The summed E-state index contributed by atoms with van der Waals surface area (Å²) in [7, 11) is 1.72. The van der Waals surface area contributed by atoms with Gasteiger partial charge in [-0.1, -0.05) is 23.2 Å². The summed E-state index contributed by atoms with van der Waals surface area (Å²) < 4.78 is 5.52. The van der Waals surface area contributed by atoms with Gasteiger partial charge in [-0.25, -0.2) is 0 Å². The minimum Gasteiger partial charge on any atom is -0.482 e. The molecule has 0 saturated heterocycles. The van der Waals surface area contributed by atoms with Crippen LogP contribution >= 0.6 is 23.2 Å². The van der Waals surface area contributed by atoms with Gasteiger partial charge in [-0.15, -0.1) is 0 Å². The first-order valence-corrected chi connectivity index (χ1v) is 6.80. The highest BCUT2D eigenvalue weighted by molar-refractivity contribution is 6.35. The Hall–Kier alpha value is -0.970. The van der Waals surface area contributed by atoms with Crippen LogP contribution in [0.25, 0.3) is 0 Å². The van der Waals surface area contributed by atoms with E-state index in [1.807, 2.05) is 6.92 Å². The first-order valence-electron chi connectivity index (χ1n) is 6.04. The van der Waals surface area contributed by atoms with Crippen LogP contribution in [0.4, 0.5) is 0 Å². The fourth-order valence-corrected chi connectivity index (χ4v) is 2.13. The second-order valence-corrected chi connectivity index (χ2v) is 4.95. The summed E-state index contributed by atoms with van der Waals surface area (Å²) in [5.41, 5.74) is 6.35. The summed E-state index contributed by atoms with van der Waals surface area (Å²) >= 11 is 12.0. The van der Waals surface area contributed by atoms with Crippen LogP contribution in [-0.2, 0) is 11.2 Å². The SMILES string of the molecule is CCN(C)C(=O)COc1c(Cl)cc(Cl)cc1CCN. The van der Waals surface area contributed by atoms with Crippen LogP contribution in [0.3, 0.4) is 0 Å². The molecule has 0 fully saturated rings. The molecule has 1 aromatic carbocycles. The molecule has 19 heavy (non-hydrogen) atoms. The molecule has 1 aromatic rings. The topological polar surface area (TPSA) is 55.6 Å². The molecule has 0 radical (unpaired) electrons. The molecule has 0 aliphatic rings. The minimum absolute atomic E-state index is 0.0523. The molecule has 0 aliphatic heterocycles. The van der Waals surface area contributed by atoms with Crippen molar-refractivity contribution in [3.8, 4) is 5.75 Å². The number of benzene rings is 1. The second kappa shape index (κ2) is 7.58. The lowest BCUT2D eigenvalue weighted by molar-refractivity contribution is -0.131. The second-order valence-electron chi connectivity index (χ2n) is 4.11. The molecule has 0 spiro atoms. The van der Waals surface area contributed by atoms with Crippen molar-refractivity contribution in [1.29, 1.82) is 0 Å². The van der Waals surface area contributed by atoms with Gasteiger partial charge < -0.3 is 15.4 Å². The molecule has 4 nitrogen and oxygen atoms in total. The van der Waals surface area contributed by atoms with Gasteiger partial charge >= 0.3 is 0 Å². The Morgan fingerprint density at radius 3 is 2.68 bits per heavy atom. The number of ether oxygens (including phenoxy) is 1. The van der Waals surface area contributed by atoms with Gasteiger partial charge in [0.15, 0.2) is 6.61 Å². The zero-order valence-electron chi connectivity index (χ0n) is 11.1. The molecular weight excluding hydrogens is 287 g/mol. The van der Waals surface area contributed by atoms with E-state index in [0.29, 0.717) is 35.3 Å². The average molecular weight is 305 g/mol. The largest absolute Gasteiger partial charge is 0.482 e. The van der Waals surface area contributed by atoms with E-state index in [0.717, 1.165) is 5.56 Å². The number of likely N-dealkylation sites (N-methyl/N-ethyl adjacent to an activating group) is 1. The van der Waals surface area contributed by atoms with Gasteiger partial charge in [0.1, 0.15) is 5.75 Å². The van der Waals surface area contributed by atoms with Gasteiger partial charge in [0, 0.05) is 18.6 Å². The highest BCUT2D eigenvalue weighted by atomic mass is 35.5. The van der Waals surface area contributed by atoms with Gasteiger partial charge in [0.25, 0.3) is 5.91 Å². The molecule has 1 rings (SSSR count). The molecule has 0 unspecified atom stereocenters. The molecular formula is C13H18Cl2N2O2. The Kier molecular flexibility index (Phi) is 6.42. The third kappa shape index (κ3) is 4.56. The van der Waals surface area contributed by atoms with Crippen molar-refractivity contribution in [3.05, 3.63) is 27.7 Å².